The average molecular weight is 242 g/mol. The minimum Gasteiger partial charge on any atom is -0.418 e. The van der Waals surface area contributed by atoms with Crippen LogP contribution < -0.4 is 9.40 Å². The van der Waals surface area contributed by atoms with Crippen molar-refractivity contribution < 1.29 is 31.4 Å². The fourth-order valence-corrected chi connectivity index (χ4v) is 0.837. The average Bonchev–Trinajstić information content (AvgIpc) is 2.84. The molecule has 1 aromatic rings. The van der Waals surface area contributed by atoms with Gasteiger partial charge >= 0.3 is 7.25 Å². The summed E-state index contributed by atoms with van der Waals surface area (Å²) in [5, 5.41) is 0. The van der Waals surface area contributed by atoms with Crippen molar-refractivity contribution in [1.29, 1.82) is 0 Å². The van der Waals surface area contributed by atoms with Crippen LogP contribution in [-0.2, 0) is 11.8 Å². The van der Waals surface area contributed by atoms with E-state index in [1.54, 1.807) is 4.73 Å². The van der Waals surface area contributed by atoms with E-state index in [2.05, 4.69) is 0 Å². The molecule has 1 saturated heterocycles. The molecule has 0 radical (unpaired) electrons. The van der Waals surface area contributed by atoms with E-state index in [1.807, 2.05) is 30.3 Å². The number of epoxide rings is 1. The Hall–Kier alpha value is -1.25. The van der Waals surface area contributed by atoms with Crippen molar-refractivity contribution in [2.24, 2.45) is 7.05 Å². The second-order valence-corrected chi connectivity index (χ2v) is 3.18. The van der Waals surface area contributed by atoms with Crippen molar-refractivity contribution in [3.05, 3.63) is 18.7 Å². The molecule has 1 fully saturated rings. The third-order valence-corrected chi connectivity index (χ3v) is 1.56. The van der Waals surface area contributed by atoms with E-state index in [0.717, 1.165) is 6.61 Å². The molecule has 0 aromatic carbocycles. The molecule has 0 bridgehead atoms. The zero-order chi connectivity index (χ0) is 12.2. The van der Waals surface area contributed by atoms with Gasteiger partial charge in [-0.05, 0) is 0 Å². The van der Waals surface area contributed by atoms with Crippen LogP contribution in [0.2, 0.25) is 0 Å². The van der Waals surface area contributed by atoms with Crippen LogP contribution in [0, 0.1) is 0 Å². The molecule has 0 aliphatic carbocycles. The van der Waals surface area contributed by atoms with Crippen LogP contribution in [0.15, 0.2) is 18.7 Å². The van der Waals surface area contributed by atoms with Crippen molar-refractivity contribution in [1.82, 2.24) is 4.73 Å². The molecule has 9 heteroatoms. The van der Waals surface area contributed by atoms with Gasteiger partial charge in [0.1, 0.15) is 12.3 Å². The molecule has 4 nitrogen and oxygen atoms in total. The third kappa shape index (κ3) is 7.10. The fraction of sp³-hybridized carbons (Fsp3) is 0.571. The summed E-state index contributed by atoms with van der Waals surface area (Å²) in [5.74, 6) is 0. The van der Waals surface area contributed by atoms with Gasteiger partial charge in [-0.15, -0.1) is 0 Å². The van der Waals surface area contributed by atoms with E-state index in [4.69, 9.17) is 9.57 Å². The SMILES string of the molecule is C[n+]1ccn(OCC2CO2)c1.F[B-](F)(F)F. The minimum atomic E-state index is -6.00. The van der Waals surface area contributed by atoms with E-state index < -0.39 is 7.25 Å². The Balaban J connectivity index is 0.000000221. The van der Waals surface area contributed by atoms with Gasteiger partial charge < -0.3 is 26.8 Å². The first-order valence-corrected chi connectivity index (χ1v) is 4.50. The first kappa shape index (κ1) is 12.8. The predicted octanol–water partition coefficient (Wildman–Crippen LogP) is 0.440. The van der Waals surface area contributed by atoms with Gasteiger partial charge in [-0.25, -0.2) is 4.57 Å². The maximum atomic E-state index is 9.75. The standard InChI is InChI=1S/C7H11N2O2.BF4/c1-8-2-3-9(6-8)11-5-7-4-10-7;2-1(3,4)5/h2-3,6-7H,4-5H2,1H3;/q+1;-1. The van der Waals surface area contributed by atoms with Crippen LogP contribution in [0.4, 0.5) is 17.3 Å². The Bertz CT molecular complexity index is 320. The Labute approximate surface area is 89.4 Å². The van der Waals surface area contributed by atoms with Gasteiger partial charge in [0.15, 0.2) is 12.8 Å². The van der Waals surface area contributed by atoms with E-state index >= 15 is 0 Å². The van der Waals surface area contributed by atoms with Crippen molar-refractivity contribution in [2.45, 2.75) is 6.10 Å². The topological polar surface area (TPSA) is 30.6 Å². The molecule has 16 heavy (non-hydrogen) atoms. The third-order valence-electron chi connectivity index (χ3n) is 1.56. The molecular formula is C7H11BF4N2O2. The zero-order valence-corrected chi connectivity index (χ0v) is 8.52. The Morgan fingerprint density at radius 1 is 1.50 bits per heavy atom. The largest absolute Gasteiger partial charge is 0.673 e. The lowest BCUT2D eigenvalue weighted by Gasteiger charge is -1.94. The molecule has 0 N–H and O–H groups in total. The maximum absolute atomic E-state index is 9.75. The van der Waals surface area contributed by atoms with Crippen molar-refractivity contribution >= 4 is 7.25 Å². The smallest absolute Gasteiger partial charge is 0.418 e. The first-order chi connectivity index (χ1) is 7.34. The highest BCUT2D eigenvalue weighted by Gasteiger charge is 2.24. The molecular weight excluding hydrogens is 231 g/mol. The number of hydrogen-bond acceptors (Lipinski definition) is 2. The molecule has 0 amide bonds. The van der Waals surface area contributed by atoms with E-state index in [-0.39, 0.29) is 0 Å². The second-order valence-electron chi connectivity index (χ2n) is 3.18. The van der Waals surface area contributed by atoms with Crippen LogP contribution in [0.3, 0.4) is 0 Å². The summed E-state index contributed by atoms with van der Waals surface area (Å²) in [6, 6.07) is 0. The number of hydrogen-bond donors (Lipinski definition) is 0. The number of rotatable bonds is 3. The number of aryl methyl sites for hydroxylation is 1. The molecule has 0 spiro atoms. The lowest BCUT2D eigenvalue weighted by atomic mass is 10.3. The summed E-state index contributed by atoms with van der Waals surface area (Å²) in [4.78, 5) is 5.32. The van der Waals surface area contributed by atoms with Crippen molar-refractivity contribution in [2.75, 3.05) is 13.2 Å². The predicted molar refractivity (Wildman–Crippen MR) is 47.0 cm³/mol. The lowest BCUT2D eigenvalue weighted by Crippen LogP contribution is -2.25. The van der Waals surface area contributed by atoms with E-state index in [9.17, 15) is 17.3 Å². The number of imidazole rings is 1. The summed E-state index contributed by atoms with van der Waals surface area (Å²) < 4.78 is 47.6. The first-order valence-electron chi connectivity index (χ1n) is 4.50. The van der Waals surface area contributed by atoms with Gasteiger partial charge in [-0.3, -0.25) is 0 Å². The van der Waals surface area contributed by atoms with Gasteiger partial charge in [-0.2, -0.15) is 0 Å². The molecule has 2 rings (SSSR count). The molecule has 1 aromatic heterocycles. The van der Waals surface area contributed by atoms with Crippen LogP contribution in [0.5, 0.6) is 0 Å². The van der Waals surface area contributed by atoms with Gasteiger partial charge in [-0.1, -0.05) is 4.73 Å². The number of nitrogens with zero attached hydrogens (tertiary/aromatic N) is 2. The summed E-state index contributed by atoms with van der Waals surface area (Å²) in [6.45, 7) is 1.49. The zero-order valence-electron chi connectivity index (χ0n) is 8.52. The van der Waals surface area contributed by atoms with Gasteiger partial charge in [0.25, 0.3) is 6.33 Å². The second kappa shape index (κ2) is 5.19. The normalized spacial score (nSPS) is 18.7. The molecule has 1 aliphatic heterocycles. The van der Waals surface area contributed by atoms with Gasteiger partial charge in [0.2, 0.25) is 0 Å². The minimum absolute atomic E-state index is 0.322. The van der Waals surface area contributed by atoms with Crippen LogP contribution in [0.25, 0.3) is 0 Å². The summed E-state index contributed by atoms with van der Waals surface area (Å²) >= 11 is 0. The van der Waals surface area contributed by atoms with E-state index in [0.29, 0.717) is 12.7 Å². The highest BCUT2D eigenvalue weighted by molar-refractivity contribution is 6.50. The molecule has 2 heterocycles. The van der Waals surface area contributed by atoms with E-state index in [1.165, 1.54) is 0 Å². The number of aromatic nitrogens is 2. The highest BCUT2D eigenvalue weighted by atomic mass is 19.5. The van der Waals surface area contributed by atoms with Gasteiger partial charge in [0.05, 0.1) is 13.7 Å². The maximum Gasteiger partial charge on any atom is 0.673 e. The number of halogens is 4. The molecule has 92 valence electrons. The summed E-state index contributed by atoms with van der Waals surface area (Å²) in [5.41, 5.74) is 0. The van der Waals surface area contributed by atoms with Crippen molar-refractivity contribution in [3.8, 4) is 0 Å². The Morgan fingerprint density at radius 3 is 2.44 bits per heavy atom. The summed E-state index contributed by atoms with van der Waals surface area (Å²) in [7, 11) is -4.05. The quantitative estimate of drug-likeness (QED) is 0.333. The van der Waals surface area contributed by atoms with Gasteiger partial charge in [0, 0.05) is 0 Å². The molecule has 0 saturated carbocycles. The van der Waals surface area contributed by atoms with Crippen LogP contribution in [0.1, 0.15) is 0 Å². The van der Waals surface area contributed by atoms with Crippen molar-refractivity contribution in [3.63, 3.8) is 0 Å². The Morgan fingerprint density at radius 2 is 2.06 bits per heavy atom. The number of ether oxygens (including phenoxy) is 1. The molecule has 1 unspecified atom stereocenters. The van der Waals surface area contributed by atoms with Crippen LogP contribution in [-0.4, -0.2) is 31.3 Å². The molecule has 1 aliphatic rings. The summed E-state index contributed by atoms with van der Waals surface area (Å²) in [6.07, 6.45) is 5.97. The Kier molecular flexibility index (Phi) is 4.16. The molecule has 1 atom stereocenters. The lowest BCUT2D eigenvalue weighted by molar-refractivity contribution is -0.672. The monoisotopic (exact) mass is 242 g/mol. The van der Waals surface area contributed by atoms with Crippen LogP contribution >= 0.6 is 0 Å². The fourth-order valence-electron chi connectivity index (χ4n) is 0.837. The highest BCUT2D eigenvalue weighted by Crippen LogP contribution is 2.07.